The second kappa shape index (κ2) is 7.61. The van der Waals surface area contributed by atoms with Crippen LogP contribution in [0.25, 0.3) is 0 Å². The van der Waals surface area contributed by atoms with Gasteiger partial charge in [0.15, 0.2) is 0 Å². The fourth-order valence-electron chi connectivity index (χ4n) is 2.75. The topological polar surface area (TPSA) is 61.2 Å². The Kier molecular flexibility index (Phi) is 5.30. The first-order valence-corrected chi connectivity index (χ1v) is 8.60. The van der Waals surface area contributed by atoms with Gasteiger partial charge in [0.05, 0.1) is 11.6 Å². The van der Waals surface area contributed by atoms with E-state index >= 15 is 0 Å². The number of hydrogen-bond donors (Lipinski definition) is 1. The minimum absolute atomic E-state index is 0.430. The minimum atomic E-state index is 0.430. The highest BCUT2D eigenvalue weighted by Crippen LogP contribution is 2.18. The first kappa shape index (κ1) is 16.7. The van der Waals surface area contributed by atoms with Crippen LogP contribution in [0, 0.1) is 11.3 Å². The number of piperazine rings is 1. The van der Waals surface area contributed by atoms with E-state index in [2.05, 4.69) is 37.4 Å². The summed E-state index contributed by atoms with van der Waals surface area (Å²) >= 11 is 0. The number of rotatable bonds is 4. The summed E-state index contributed by atoms with van der Waals surface area (Å²) in [5.74, 6) is 1.57. The largest absolute Gasteiger partial charge is 0.473 e. The first-order valence-electron chi connectivity index (χ1n) is 8.02. The molecule has 1 N–H and O–H groups in total. The van der Waals surface area contributed by atoms with Gasteiger partial charge >= 0.3 is 0 Å². The molecule has 1 aromatic heterocycles. The van der Waals surface area contributed by atoms with Gasteiger partial charge in [-0.3, -0.25) is 0 Å². The summed E-state index contributed by atoms with van der Waals surface area (Å²) in [7, 11) is 2.65. The third-order valence-corrected chi connectivity index (χ3v) is 4.59. The van der Waals surface area contributed by atoms with E-state index < -0.39 is 0 Å². The van der Waals surface area contributed by atoms with Gasteiger partial charge in [0.1, 0.15) is 12.4 Å². The van der Waals surface area contributed by atoms with Crippen molar-refractivity contribution in [2.24, 2.45) is 0 Å². The lowest BCUT2D eigenvalue weighted by atomic mass is 10.1. The Hall–Kier alpha value is -2.15. The van der Waals surface area contributed by atoms with Gasteiger partial charge in [0.2, 0.25) is 5.88 Å². The third kappa shape index (κ3) is 4.03. The van der Waals surface area contributed by atoms with E-state index in [1.807, 2.05) is 30.3 Å². The Balaban J connectivity index is 1.68. The molecule has 0 aliphatic carbocycles. The van der Waals surface area contributed by atoms with Crippen LogP contribution in [0.3, 0.4) is 0 Å². The maximum atomic E-state index is 8.92. The molecule has 0 radical (unpaired) electrons. The van der Waals surface area contributed by atoms with Crippen molar-refractivity contribution in [3.05, 3.63) is 47.5 Å². The molecular formula is C18H21N4OP. The molecule has 1 fully saturated rings. The summed E-state index contributed by atoms with van der Waals surface area (Å²) in [6, 6.07) is 14.0. The second-order valence-electron chi connectivity index (χ2n) is 5.95. The van der Waals surface area contributed by atoms with Crippen LogP contribution in [0.1, 0.15) is 18.1 Å². The van der Waals surface area contributed by atoms with Crippen LogP contribution in [0.5, 0.6) is 5.88 Å². The van der Waals surface area contributed by atoms with Gasteiger partial charge in [-0.1, -0.05) is 12.1 Å². The molecule has 1 aliphatic rings. The SMILES string of the molecule is C[C@H]1CN(c2cccc(OCc3ccc(C#N)cc3P)n2)CCN1. The number of hydrogen-bond acceptors (Lipinski definition) is 5. The molecule has 3 rings (SSSR count). The van der Waals surface area contributed by atoms with Crippen LogP contribution in [-0.4, -0.2) is 30.7 Å². The molecule has 0 saturated carbocycles. The molecule has 2 aromatic rings. The lowest BCUT2D eigenvalue weighted by Gasteiger charge is -2.32. The van der Waals surface area contributed by atoms with Crippen LogP contribution < -0.4 is 20.3 Å². The van der Waals surface area contributed by atoms with Crippen LogP contribution in [-0.2, 0) is 6.61 Å². The number of aromatic nitrogens is 1. The molecular weight excluding hydrogens is 319 g/mol. The van der Waals surface area contributed by atoms with E-state index in [9.17, 15) is 0 Å². The summed E-state index contributed by atoms with van der Waals surface area (Å²) in [6.07, 6.45) is 0. The zero-order chi connectivity index (χ0) is 16.9. The predicted molar refractivity (Wildman–Crippen MR) is 98.7 cm³/mol. The Morgan fingerprint density at radius 2 is 2.29 bits per heavy atom. The monoisotopic (exact) mass is 340 g/mol. The van der Waals surface area contributed by atoms with E-state index in [1.54, 1.807) is 6.07 Å². The van der Waals surface area contributed by atoms with Crippen LogP contribution in [0.4, 0.5) is 5.82 Å². The lowest BCUT2D eigenvalue weighted by molar-refractivity contribution is 0.295. The van der Waals surface area contributed by atoms with Crippen molar-refractivity contribution in [3.63, 3.8) is 0 Å². The molecule has 24 heavy (non-hydrogen) atoms. The highest BCUT2D eigenvalue weighted by Gasteiger charge is 2.17. The van der Waals surface area contributed by atoms with E-state index in [1.165, 1.54) is 0 Å². The lowest BCUT2D eigenvalue weighted by Crippen LogP contribution is -2.49. The van der Waals surface area contributed by atoms with Gasteiger partial charge in [-0.05, 0) is 36.0 Å². The normalized spacial score (nSPS) is 17.4. The Labute approximate surface area is 144 Å². The third-order valence-electron chi connectivity index (χ3n) is 4.05. The van der Waals surface area contributed by atoms with Crippen LogP contribution >= 0.6 is 9.24 Å². The number of anilines is 1. The summed E-state index contributed by atoms with van der Waals surface area (Å²) in [6.45, 7) is 5.47. The average Bonchev–Trinajstić information content (AvgIpc) is 2.61. The molecule has 5 nitrogen and oxygen atoms in total. The zero-order valence-electron chi connectivity index (χ0n) is 13.7. The highest BCUT2D eigenvalue weighted by atomic mass is 31.0. The number of ether oxygens (including phenoxy) is 1. The molecule has 2 atom stereocenters. The van der Waals surface area contributed by atoms with Crippen LogP contribution in [0.15, 0.2) is 36.4 Å². The van der Waals surface area contributed by atoms with E-state index in [-0.39, 0.29) is 0 Å². The van der Waals surface area contributed by atoms with Gasteiger partial charge in [0.25, 0.3) is 0 Å². The Morgan fingerprint density at radius 1 is 1.42 bits per heavy atom. The minimum Gasteiger partial charge on any atom is -0.473 e. The molecule has 1 unspecified atom stereocenters. The van der Waals surface area contributed by atoms with Crippen molar-refractivity contribution in [3.8, 4) is 11.9 Å². The molecule has 1 aliphatic heterocycles. The molecule has 6 heteroatoms. The van der Waals surface area contributed by atoms with Gasteiger partial charge in [0, 0.05) is 31.7 Å². The number of nitriles is 1. The Bertz CT molecular complexity index is 759. The zero-order valence-corrected chi connectivity index (χ0v) is 14.9. The van der Waals surface area contributed by atoms with Gasteiger partial charge in [-0.25, -0.2) is 0 Å². The van der Waals surface area contributed by atoms with Gasteiger partial charge in [-0.2, -0.15) is 10.2 Å². The molecule has 1 saturated heterocycles. The van der Waals surface area contributed by atoms with Gasteiger partial charge < -0.3 is 15.0 Å². The van der Waals surface area contributed by atoms with Crippen molar-refractivity contribution >= 4 is 20.4 Å². The van der Waals surface area contributed by atoms with Gasteiger partial charge in [-0.15, -0.1) is 9.24 Å². The smallest absolute Gasteiger partial charge is 0.215 e. The van der Waals surface area contributed by atoms with Crippen LogP contribution in [0.2, 0.25) is 0 Å². The van der Waals surface area contributed by atoms with Crippen molar-refractivity contribution in [2.75, 3.05) is 24.5 Å². The number of benzene rings is 1. The van der Waals surface area contributed by atoms with Crippen molar-refractivity contribution in [2.45, 2.75) is 19.6 Å². The second-order valence-corrected chi connectivity index (χ2v) is 6.57. The Morgan fingerprint density at radius 3 is 3.04 bits per heavy atom. The van der Waals surface area contributed by atoms with Crippen molar-refractivity contribution in [1.29, 1.82) is 5.26 Å². The van der Waals surface area contributed by atoms with E-state index in [0.29, 0.717) is 24.1 Å². The highest BCUT2D eigenvalue weighted by molar-refractivity contribution is 7.27. The number of nitrogens with one attached hydrogen (secondary N) is 1. The molecule has 0 amide bonds. The average molecular weight is 340 g/mol. The maximum absolute atomic E-state index is 8.92. The fraction of sp³-hybridized carbons (Fsp3) is 0.333. The maximum Gasteiger partial charge on any atom is 0.215 e. The molecule has 0 bridgehead atoms. The summed E-state index contributed by atoms with van der Waals surface area (Å²) < 4.78 is 5.86. The fourth-order valence-corrected chi connectivity index (χ4v) is 3.11. The van der Waals surface area contributed by atoms with Crippen molar-refractivity contribution in [1.82, 2.24) is 10.3 Å². The molecule has 0 spiro atoms. The first-order chi connectivity index (χ1) is 11.7. The standard InChI is InChI=1S/C18H21N4OP/c1-13-11-22(8-7-20-13)17-3-2-4-18(21-17)23-12-15-6-5-14(10-19)9-16(15)24/h2-6,9,13,20H,7-8,11-12,24H2,1H3/t13-/m0/s1. The molecule has 1 aromatic carbocycles. The summed E-state index contributed by atoms with van der Waals surface area (Å²) in [4.78, 5) is 6.90. The summed E-state index contributed by atoms with van der Waals surface area (Å²) in [5, 5.41) is 13.3. The predicted octanol–water partition coefficient (Wildman–Crippen LogP) is 1.83. The van der Waals surface area contributed by atoms with E-state index in [0.717, 1.165) is 36.3 Å². The van der Waals surface area contributed by atoms with Crippen molar-refractivity contribution < 1.29 is 4.74 Å². The quantitative estimate of drug-likeness (QED) is 0.861. The molecule has 2 heterocycles. The number of pyridine rings is 1. The van der Waals surface area contributed by atoms with E-state index in [4.69, 9.17) is 10.00 Å². The molecule has 124 valence electrons. The number of nitrogens with zero attached hydrogens (tertiary/aromatic N) is 3. The summed E-state index contributed by atoms with van der Waals surface area (Å²) in [5.41, 5.74) is 1.68.